The lowest BCUT2D eigenvalue weighted by molar-refractivity contribution is 0.320. The number of nitrogens with two attached hydrogens (primary N) is 1. The van der Waals surface area contributed by atoms with Crippen molar-refractivity contribution in [3.63, 3.8) is 0 Å². The first kappa shape index (κ1) is 9.15. The molecule has 0 aliphatic heterocycles. The van der Waals surface area contributed by atoms with Crippen LogP contribution in [-0.4, -0.2) is 46.3 Å². The van der Waals surface area contributed by atoms with Crippen LogP contribution in [0, 0.1) is 0 Å². The summed E-state index contributed by atoms with van der Waals surface area (Å²) in [6.45, 7) is 3.46. The summed E-state index contributed by atoms with van der Waals surface area (Å²) in [7, 11) is 2.05. The third-order valence-corrected chi connectivity index (χ3v) is 1.69. The number of nitrogens with zero attached hydrogens (tertiary/aromatic N) is 4. The topological polar surface area (TPSA) is 60.0 Å². The molecule has 5 nitrogen and oxygen atoms in total. The fourth-order valence-corrected chi connectivity index (χ4v) is 0.954. The second kappa shape index (κ2) is 4.84. The van der Waals surface area contributed by atoms with Crippen molar-refractivity contribution in [1.29, 1.82) is 0 Å². The van der Waals surface area contributed by atoms with Gasteiger partial charge in [-0.3, -0.25) is 4.68 Å². The van der Waals surface area contributed by atoms with E-state index in [1.165, 1.54) is 0 Å². The molecule has 12 heavy (non-hydrogen) atoms. The maximum atomic E-state index is 5.40. The first-order valence-corrected chi connectivity index (χ1v) is 4.04. The van der Waals surface area contributed by atoms with E-state index >= 15 is 0 Å². The molecule has 0 fully saturated rings. The van der Waals surface area contributed by atoms with Gasteiger partial charge in [0, 0.05) is 19.6 Å². The van der Waals surface area contributed by atoms with Gasteiger partial charge in [0.05, 0.1) is 6.54 Å². The van der Waals surface area contributed by atoms with Gasteiger partial charge in [-0.1, -0.05) is 0 Å². The van der Waals surface area contributed by atoms with Gasteiger partial charge in [-0.05, 0) is 7.05 Å². The average molecular weight is 169 g/mol. The summed E-state index contributed by atoms with van der Waals surface area (Å²) >= 11 is 0. The number of hydrogen-bond acceptors (Lipinski definition) is 4. The summed E-state index contributed by atoms with van der Waals surface area (Å²) in [6.07, 6.45) is 3.26. The van der Waals surface area contributed by atoms with Crippen LogP contribution in [0.3, 0.4) is 0 Å². The molecule has 2 N–H and O–H groups in total. The zero-order valence-corrected chi connectivity index (χ0v) is 7.35. The quantitative estimate of drug-likeness (QED) is 0.625. The van der Waals surface area contributed by atoms with Gasteiger partial charge in [0.2, 0.25) is 0 Å². The normalized spacial score (nSPS) is 10.9. The minimum absolute atomic E-state index is 0.702. The van der Waals surface area contributed by atoms with Gasteiger partial charge in [0.15, 0.2) is 0 Å². The van der Waals surface area contributed by atoms with Gasteiger partial charge in [-0.2, -0.15) is 5.10 Å². The van der Waals surface area contributed by atoms with Gasteiger partial charge < -0.3 is 10.6 Å². The largest absolute Gasteiger partial charge is 0.329 e. The summed E-state index contributed by atoms with van der Waals surface area (Å²) in [5.41, 5.74) is 5.40. The molecule has 0 aromatic carbocycles. The maximum Gasteiger partial charge on any atom is 0.137 e. The Labute approximate surface area is 72.2 Å². The van der Waals surface area contributed by atoms with E-state index in [1.807, 2.05) is 11.7 Å². The highest BCUT2D eigenvalue weighted by Gasteiger charge is 1.96. The lowest BCUT2D eigenvalue weighted by atomic mass is 10.5. The lowest BCUT2D eigenvalue weighted by Crippen LogP contribution is -2.28. The van der Waals surface area contributed by atoms with Gasteiger partial charge in [0.1, 0.15) is 12.7 Å². The standard InChI is InChI=1S/C7H15N5/c1-11(3-2-8)4-5-12-7-9-6-10-12/h6-7H,2-5,8H2,1H3. The Hall–Kier alpha value is -0.940. The molecule has 0 spiro atoms. The fraction of sp³-hybridized carbons (Fsp3) is 0.714. The Morgan fingerprint density at radius 1 is 1.50 bits per heavy atom. The van der Waals surface area contributed by atoms with E-state index < -0.39 is 0 Å². The number of aromatic nitrogens is 3. The Morgan fingerprint density at radius 2 is 2.33 bits per heavy atom. The average Bonchev–Trinajstić information content (AvgIpc) is 2.53. The minimum Gasteiger partial charge on any atom is -0.329 e. The molecule has 1 aromatic heterocycles. The van der Waals surface area contributed by atoms with Crippen molar-refractivity contribution >= 4 is 0 Å². The van der Waals surface area contributed by atoms with E-state index in [2.05, 4.69) is 15.0 Å². The molecule has 0 saturated carbocycles. The monoisotopic (exact) mass is 169 g/mol. The van der Waals surface area contributed by atoms with E-state index in [-0.39, 0.29) is 0 Å². The van der Waals surface area contributed by atoms with Crippen LogP contribution in [0.5, 0.6) is 0 Å². The van der Waals surface area contributed by atoms with Crippen LogP contribution in [-0.2, 0) is 6.54 Å². The molecular formula is C7H15N5. The zero-order chi connectivity index (χ0) is 8.81. The third kappa shape index (κ3) is 2.98. The van der Waals surface area contributed by atoms with Crippen molar-refractivity contribution in [2.75, 3.05) is 26.7 Å². The second-order valence-electron chi connectivity index (χ2n) is 2.75. The predicted molar refractivity (Wildman–Crippen MR) is 46.6 cm³/mol. The first-order valence-electron chi connectivity index (χ1n) is 4.04. The number of likely N-dealkylation sites (N-methyl/N-ethyl adjacent to an activating group) is 1. The van der Waals surface area contributed by atoms with Gasteiger partial charge >= 0.3 is 0 Å². The van der Waals surface area contributed by atoms with Crippen LogP contribution in [0.15, 0.2) is 12.7 Å². The Bertz CT molecular complexity index is 196. The molecule has 0 atom stereocenters. The molecule has 0 aliphatic rings. The van der Waals surface area contributed by atoms with Gasteiger partial charge in [-0.15, -0.1) is 0 Å². The first-order chi connectivity index (χ1) is 5.83. The van der Waals surface area contributed by atoms with E-state index in [1.54, 1.807) is 12.7 Å². The molecule has 0 saturated heterocycles. The van der Waals surface area contributed by atoms with Crippen LogP contribution < -0.4 is 5.73 Å². The molecule has 0 radical (unpaired) electrons. The van der Waals surface area contributed by atoms with Crippen molar-refractivity contribution in [1.82, 2.24) is 19.7 Å². The smallest absolute Gasteiger partial charge is 0.137 e. The fourth-order valence-electron chi connectivity index (χ4n) is 0.954. The van der Waals surface area contributed by atoms with Crippen LogP contribution in [0.25, 0.3) is 0 Å². The molecular weight excluding hydrogens is 154 g/mol. The maximum absolute atomic E-state index is 5.40. The highest BCUT2D eigenvalue weighted by atomic mass is 15.3. The van der Waals surface area contributed by atoms with Crippen molar-refractivity contribution in [3.8, 4) is 0 Å². The molecule has 5 heteroatoms. The second-order valence-corrected chi connectivity index (χ2v) is 2.75. The SMILES string of the molecule is CN(CCN)CCn1cncn1. The molecule has 1 heterocycles. The molecule has 0 bridgehead atoms. The molecule has 0 amide bonds. The predicted octanol–water partition coefficient (Wildman–Crippen LogP) is -0.831. The van der Waals surface area contributed by atoms with E-state index in [9.17, 15) is 0 Å². The summed E-state index contributed by atoms with van der Waals surface area (Å²) in [5.74, 6) is 0. The Kier molecular flexibility index (Phi) is 3.69. The van der Waals surface area contributed by atoms with Crippen LogP contribution in [0.2, 0.25) is 0 Å². The Morgan fingerprint density at radius 3 is 2.92 bits per heavy atom. The highest BCUT2D eigenvalue weighted by molar-refractivity contribution is 4.58. The molecule has 1 rings (SSSR count). The van der Waals surface area contributed by atoms with Crippen molar-refractivity contribution in [3.05, 3.63) is 12.7 Å². The van der Waals surface area contributed by atoms with Crippen molar-refractivity contribution < 1.29 is 0 Å². The summed E-state index contributed by atoms with van der Waals surface area (Å²) in [4.78, 5) is 6.02. The van der Waals surface area contributed by atoms with Crippen LogP contribution in [0.4, 0.5) is 0 Å². The van der Waals surface area contributed by atoms with Gasteiger partial charge in [-0.25, -0.2) is 4.98 Å². The minimum atomic E-state index is 0.702. The molecule has 68 valence electrons. The van der Waals surface area contributed by atoms with Crippen molar-refractivity contribution in [2.24, 2.45) is 5.73 Å². The Balaban J connectivity index is 2.17. The van der Waals surface area contributed by atoms with Crippen LogP contribution >= 0.6 is 0 Å². The highest BCUT2D eigenvalue weighted by Crippen LogP contribution is 1.84. The zero-order valence-electron chi connectivity index (χ0n) is 7.35. The number of rotatable bonds is 5. The van der Waals surface area contributed by atoms with Crippen molar-refractivity contribution in [2.45, 2.75) is 6.54 Å². The summed E-state index contributed by atoms with van der Waals surface area (Å²) in [5, 5.41) is 4.00. The molecule has 1 aromatic rings. The molecule has 0 aliphatic carbocycles. The third-order valence-electron chi connectivity index (χ3n) is 1.69. The van der Waals surface area contributed by atoms with Gasteiger partial charge in [0.25, 0.3) is 0 Å². The lowest BCUT2D eigenvalue weighted by Gasteiger charge is -2.14. The summed E-state index contributed by atoms with van der Waals surface area (Å²) < 4.78 is 1.81. The van der Waals surface area contributed by atoms with E-state index in [4.69, 9.17) is 5.73 Å². The number of hydrogen-bond donors (Lipinski definition) is 1. The van der Waals surface area contributed by atoms with E-state index in [0.29, 0.717) is 6.54 Å². The summed E-state index contributed by atoms with van der Waals surface area (Å²) in [6, 6.07) is 0. The molecule has 0 unspecified atom stereocenters. The van der Waals surface area contributed by atoms with Crippen LogP contribution in [0.1, 0.15) is 0 Å². The van der Waals surface area contributed by atoms with E-state index in [0.717, 1.165) is 19.6 Å².